The molecule has 0 spiro atoms. The summed E-state index contributed by atoms with van der Waals surface area (Å²) < 4.78 is 2.00. The molecule has 4 aromatic rings. The zero-order valence-electron chi connectivity index (χ0n) is 17.1. The Morgan fingerprint density at radius 2 is 2.00 bits per heavy atom. The second-order valence-electron chi connectivity index (χ2n) is 7.67. The highest BCUT2D eigenvalue weighted by Crippen LogP contribution is 2.29. The van der Waals surface area contributed by atoms with Crippen LogP contribution in [0.3, 0.4) is 0 Å². The van der Waals surface area contributed by atoms with Gasteiger partial charge in [0.15, 0.2) is 4.96 Å². The minimum absolute atomic E-state index is 0.00357. The van der Waals surface area contributed by atoms with Crippen LogP contribution >= 0.6 is 11.3 Å². The number of hydrogen-bond donors (Lipinski definition) is 1. The summed E-state index contributed by atoms with van der Waals surface area (Å²) in [6.45, 7) is 2.48. The van der Waals surface area contributed by atoms with Gasteiger partial charge in [0.25, 0.3) is 0 Å². The second-order valence-corrected chi connectivity index (χ2v) is 8.55. The van der Waals surface area contributed by atoms with Crippen molar-refractivity contribution >= 4 is 39.5 Å². The van der Waals surface area contributed by atoms with E-state index in [0.29, 0.717) is 6.54 Å². The standard InChI is InChI=1S/C24H22N4O2S/c1-2-16-5-3-4-6-21(16)28-14-18(13-22(28)29)23(30)25-19-9-7-17(8-10-19)20-15-27-11-12-31-24(27)26-20/h3-12,15,18H,2,13-14H2,1H3,(H,25,30). The van der Waals surface area contributed by atoms with Crippen molar-refractivity contribution in [2.75, 3.05) is 16.8 Å². The normalized spacial score (nSPS) is 16.2. The van der Waals surface area contributed by atoms with Gasteiger partial charge in [-0.15, -0.1) is 11.3 Å². The third-order valence-corrected chi connectivity index (χ3v) is 6.47. The smallest absolute Gasteiger partial charge is 0.229 e. The van der Waals surface area contributed by atoms with Crippen molar-refractivity contribution < 1.29 is 9.59 Å². The van der Waals surface area contributed by atoms with Crippen LogP contribution in [0.2, 0.25) is 0 Å². The summed E-state index contributed by atoms with van der Waals surface area (Å²) in [6.07, 6.45) is 5.05. The van der Waals surface area contributed by atoms with E-state index < -0.39 is 0 Å². The molecule has 7 heteroatoms. The van der Waals surface area contributed by atoms with Gasteiger partial charge in [0.1, 0.15) is 0 Å². The maximum absolute atomic E-state index is 12.8. The maximum atomic E-state index is 12.8. The van der Waals surface area contributed by atoms with E-state index in [0.717, 1.165) is 39.6 Å². The zero-order valence-corrected chi connectivity index (χ0v) is 17.9. The predicted octanol–water partition coefficient (Wildman–Crippen LogP) is 4.62. The fourth-order valence-electron chi connectivity index (χ4n) is 4.02. The molecular formula is C24H22N4O2S. The number of thiazole rings is 1. The Kier molecular flexibility index (Phi) is 5.03. The van der Waals surface area contributed by atoms with E-state index in [1.165, 1.54) is 0 Å². The molecule has 0 radical (unpaired) electrons. The minimum Gasteiger partial charge on any atom is -0.326 e. The highest BCUT2D eigenvalue weighted by molar-refractivity contribution is 7.15. The molecule has 31 heavy (non-hydrogen) atoms. The largest absolute Gasteiger partial charge is 0.326 e. The van der Waals surface area contributed by atoms with Gasteiger partial charge < -0.3 is 10.2 Å². The molecule has 5 rings (SSSR count). The van der Waals surface area contributed by atoms with Gasteiger partial charge in [-0.05, 0) is 30.2 Å². The Bertz CT molecular complexity index is 1230. The summed E-state index contributed by atoms with van der Waals surface area (Å²) in [7, 11) is 0. The Morgan fingerprint density at radius 1 is 1.19 bits per heavy atom. The lowest BCUT2D eigenvalue weighted by Crippen LogP contribution is -2.28. The van der Waals surface area contributed by atoms with Gasteiger partial charge in [0.05, 0.1) is 11.6 Å². The van der Waals surface area contributed by atoms with Crippen molar-refractivity contribution in [3.63, 3.8) is 0 Å². The molecule has 0 bridgehead atoms. The summed E-state index contributed by atoms with van der Waals surface area (Å²) in [5, 5.41) is 4.96. The van der Waals surface area contributed by atoms with Crippen molar-refractivity contribution in [2.24, 2.45) is 5.92 Å². The topological polar surface area (TPSA) is 66.7 Å². The van der Waals surface area contributed by atoms with Gasteiger partial charge in [0, 0.05) is 47.7 Å². The third kappa shape index (κ3) is 3.72. The first-order valence-electron chi connectivity index (χ1n) is 10.3. The average Bonchev–Trinajstić information content (AvgIpc) is 3.49. The lowest BCUT2D eigenvalue weighted by Gasteiger charge is -2.20. The van der Waals surface area contributed by atoms with Crippen LogP contribution in [0.5, 0.6) is 0 Å². The number of amides is 2. The molecule has 1 fully saturated rings. The number of hydrogen-bond acceptors (Lipinski definition) is 4. The lowest BCUT2D eigenvalue weighted by atomic mass is 10.1. The maximum Gasteiger partial charge on any atom is 0.229 e. The Balaban J connectivity index is 1.27. The highest BCUT2D eigenvalue weighted by atomic mass is 32.1. The number of para-hydroxylation sites is 1. The minimum atomic E-state index is -0.364. The molecule has 156 valence electrons. The number of nitrogens with one attached hydrogen (secondary N) is 1. The van der Waals surface area contributed by atoms with Crippen LogP contribution in [0.25, 0.3) is 16.2 Å². The number of nitrogens with zero attached hydrogens (tertiary/aromatic N) is 3. The Morgan fingerprint density at radius 3 is 2.77 bits per heavy atom. The van der Waals surface area contributed by atoms with E-state index in [1.807, 2.05) is 70.7 Å². The van der Waals surface area contributed by atoms with Crippen LogP contribution < -0.4 is 10.2 Å². The highest BCUT2D eigenvalue weighted by Gasteiger charge is 2.35. The number of fused-ring (bicyclic) bond motifs is 1. The van der Waals surface area contributed by atoms with Crippen molar-refractivity contribution in [3.8, 4) is 11.3 Å². The molecule has 0 aliphatic carbocycles. The molecular weight excluding hydrogens is 408 g/mol. The quantitative estimate of drug-likeness (QED) is 0.503. The summed E-state index contributed by atoms with van der Waals surface area (Å²) in [5.41, 5.74) is 4.64. The number of aromatic nitrogens is 2. The first-order valence-corrected chi connectivity index (χ1v) is 11.2. The summed E-state index contributed by atoms with van der Waals surface area (Å²) in [5.74, 6) is -0.492. The monoisotopic (exact) mass is 430 g/mol. The Hall–Kier alpha value is -3.45. The van der Waals surface area contributed by atoms with Crippen molar-refractivity contribution in [1.29, 1.82) is 0 Å². The van der Waals surface area contributed by atoms with Crippen molar-refractivity contribution in [1.82, 2.24) is 9.38 Å². The van der Waals surface area contributed by atoms with Gasteiger partial charge >= 0.3 is 0 Å². The second kappa shape index (κ2) is 8.00. The molecule has 1 aliphatic heterocycles. The van der Waals surface area contributed by atoms with Crippen molar-refractivity contribution in [2.45, 2.75) is 19.8 Å². The summed E-state index contributed by atoms with van der Waals surface area (Å²) in [6, 6.07) is 15.5. The fourth-order valence-corrected chi connectivity index (χ4v) is 4.72. The van der Waals surface area contributed by atoms with Crippen molar-refractivity contribution in [3.05, 3.63) is 71.9 Å². The molecule has 2 aromatic carbocycles. The van der Waals surface area contributed by atoms with E-state index in [2.05, 4.69) is 17.2 Å². The first kappa shape index (κ1) is 19.5. The number of anilines is 2. The number of imidazole rings is 1. The molecule has 6 nitrogen and oxygen atoms in total. The van der Waals surface area contributed by atoms with E-state index in [1.54, 1.807) is 16.2 Å². The van der Waals surface area contributed by atoms with Gasteiger partial charge in [-0.1, -0.05) is 37.3 Å². The summed E-state index contributed by atoms with van der Waals surface area (Å²) in [4.78, 5) is 32.7. The number of aryl methyl sites for hydroxylation is 1. The number of carbonyl (C=O) groups excluding carboxylic acids is 2. The van der Waals surface area contributed by atoms with Gasteiger partial charge in [-0.2, -0.15) is 0 Å². The predicted molar refractivity (Wildman–Crippen MR) is 123 cm³/mol. The Labute approximate surface area is 184 Å². The lowest BCUT2D eigenvalue weighted by molar-refractivity contribution is -0.122. The SMILES string of the molecule is CCc1ccccc1N1CC(C(=O)Nc2ccc(-c3cn4ccsc4n3)cc2)CC1=O. The van der Waals surface area contributed by atoms with E-state index in [9.17, 15) is 9.59 Å². The summed E-state index contributed by atoms with van der Waals surface area (Å²) >= 11 is 1.59. The zero-order chi connectivity index (χ0) is 21.4. The molecule has 1 aliphatic rings. The van der Waals surface area contributed by atoms with Gasteiger partial charge in [-0.3, -0.25) is 14.0 Å². The molecule has 3 heterocycles. The molecule has 2 amide bonds. The van der Waals surface area contributed by atoms with Gasteiger partial charge in [0.2, 0.25) is 11.8 Å². The average molecular weight is 431 g/mol. The van der Waals surface area contributed by atoms with Crippen LogP contribution in [0.15, 0.2) is 66.3 Å². The van der Waals surface area contributed by atoms with Crippen LogP contribution in [-0.4, -0.2) is 27.7 Å². The van der Waals surface area contributed by atoms with Crippen LogP contribution in [-0.2, 0) is 16.0 Å². The molecule has 1 N–H and O–H groups in total. The van der Waals surface area contributed by atoms with E-state index in [-0.39, 0.29) is 24.2 Å². The molecule has 2 aromatic heterocycles. The van der Waals surface area contributed by atoms with Crippen LogP contribution in [0, 0.1) is 5.92 Å². The molecule has 1 unspecified atom stereocenters. The van der Waals surface area contributed by atoms with E-state index >= 15 is 0 Å². The molecule has 1 saturated heterocycles. The number of carbonyl (C=O) groups is 2. The number of benzene rings is 2. The van der Waals surface area contributed by atoms with Gasteiger partial charge in [-0.25, -0.2) is 4.98 Å². The fraction of sp³-hybridized carbons (Fsp3) is 0.208. The van der Waals surface area contributed by atoms with E-state index in [4.69, 9.17) is 0 Å². The first-order chi connectivity index (χ1) is 15.1. The number of rotatable bonds is 5. The third-order valence-electron chi connectivity index (χ3n) is 5.70. The molecule has 1 atom stereocenters. The van der Waals surface area contributed by atoms with Crippen LogP contribution in [0.1, 0.15) is 18.9 Å². The van der Waals surface area contributed by atoms with Crippen LogP contribution in [0.4, 0.5) is 11.4 Å². The molecule has 0 saturated carbocycles.